The third kappa shape index (κ3) is 4.24. The quantitative estimate of drug-likeness (QED) is 0.810. The van der Waals surface area contributed by atoms with Crippen molar-refractivity contribution in [2.24, 2.45) is 5.92 Å². The monoisotopic (exact) mass is 269 g/mol. The summed E-state index contributed by atoms with van der Waals surface area (Å²) < 4.78 is 9.66. The van der Waals surface area contributed by atoms with Gasteiger partial charge in [-0.1, -0.05) is 25.9 Å². The fourth-order valence-electron chi connectivity index (χ4n) is 1.88. The maximum atomic E-state index is 11.9. The largest absolute Gasteiger partial charge is 0.467 e. The lowest BCUT2D eigenvalue weighted by atomic mass is 10.0. The van der Waals surface area contributed by atoms with Gasteiger partial charge in [0.25, 0.3) is 5.91 Å². The van der Waals surface area contributed by atoms with Gasteiger partial charge in [-0.05, 0) is 19.5 Å². The number of carbonyl (C=O) groups excluding carboxylic acids is 1. The highest BCUT2D eigenvalue weighted by molar-refractivity contribution is 5.92. The molecule has 0 aliphatic carbocycles. The lowest BCUT2D eigenvalue weighted by molar-refractivity contribution is 0.0920. The minimum atomic E-state index is -0.248. The van der Waals surface area contributed by atoms with E-state index in [-0.39, 0.29) is 17.5 Å². The molecule has 1 heterocycles. The van der Waals surface area contributed by atoms with Crippen LogP contribution in [0, 0.1) is 5.92 Å². The summed E-state index contributed by atoms with van der Waals surface area (Å²) in [6, 6.07) is 1.77. The molecule has 1 aromatic heterocycles. The van der Waals surface area contributed by atoms with E-state index in [1.165, 1.54) is 13.2 Å². The predicted octanol–water partition coefficient (Wildman–Crippen LogP) is 1.39. The summed E-state index contributed by atoms with van der Waals surface area (Å²) in [5.74, 6) is 0.440. The van der Waals surface area contributed by atoms with Gasteiger partial charge in [-0.15, -0.1) is 0 Å². The van der Waals surface area contributed by atoms with Crippen LogP contribution in [0.4, 0.5) is 0 Å². The van der Waals surface area contributed by atoms with E-state index in [0.717, 1.165) is 6.54 Å². The second kappa shape index (κ2) is 7.13. The first kappa shape index (κ1) is 15.5. The minimum absolute atomic E-state index is 0.233. The first-order valence-corrected chi connectivity index (χ1v) is 6.48. The fraction of sp³-hybridized carbons (Fsp3) is 0.692. The van der Waals surface area contributed by atoms with Crippen molar-refractivity contribution in [2.75, 3.05) is 27.2 Å². The first-order chi connectivity index (χ1) is 8.99. The molecule has 6 heteroatoms. The van der Waals surface area contributed by atoms with Crippen LogP contribution < -0.4 is 10.1 Å². The minimum Gasteiger partial charge on any atom is -0.467 e. The van der Waals surface area contributed by atoms with Crippen LogP contribution in [0.15, 0.2) is 10.6 Å². The van der Waals surface area contributed by atoms with Gasteiger partial charge in [0.1, 0.15) is 0 Å². The molecule has 0 aromatic carbocycles. The van der Waals surface area contributed by atoms with Crippen LogP contribution >= 0.6 is 0 Å². The van der Waals surface area contributed by atoms with Crippen molar-refractivity contribution in [1.29, 1.82) is 0 Å². The summed E-state index contributed by atoms with van der Waals surface area (Å²) in [5.41, 5.74) is 0.235. The molecule has 1 unspecified atom stereocenters. The van der Waals surface area contributed by atoms with Gasteiger partial charge in [-0.25, -0.2) is 0 Å². The molecule has 1 rings (SSSR count). The Bertz CT molecular complexity index is 404. The van der Waals surface area contributed by atoms with Crippen molar-refractivity contribution in [3.63, 3.8) is 0 Å². The molecule has 1 aromatic rings. The normalized spacial score (nSPS) is 12.8. The SMILES string of the molecule is CCN(C)C(CNC(=O)c1cc(OC)on1)C(C)C. The van der Waals surface area contributed by atoms with E-state index in [2.05, 4.69) is 43.2 Å². The van der Waals surface area contributed by atoms with E-state index in [4.69, 9.17) is 9.26 Å². The van der Waals surface area contributed by atoms with Crippen LogP contribution in [-0.4, -0.2) is 49.3 Å². The Balaban J connectivity index is 2.56. The van der Waals surface area contributed by atoms with Gasteiger partial charge in [-0.3, -0.25) is 4.79 Å². The number of methoxy groups -OCH3 is 1. The third-order valence-electron chi connectivity index (χ3n) is 3.23. The molecule has 1 amide bonds. The highest BCUT2D eigenvalue weighted by Crippen LogP contribution is 2.12. The Labute approximate surface area is 114 Å². The van der Waals surface area contributed by atoms with Crippen LogP contribution in [0.25, 0.3) is 0 Å². The number of hydrogen-bond donors (Lipinski definition) is 1. The molecule has 1 N–H and O–H groups in total. The van der Waals surface area contributed by atoms with Gasteiger partial charge >= 0.3 is 5.95 Å². The van der Waals surface area contributed by atoms with Crippen LogP contribution in [-0.2, 0) is 0 Å². The Morgan fingerprint density at radius 2 is 2.26 bits per heavy atom. The number of amides is 1. The number of carbonyl (C=O) groups is 1. The van der Waals surface area contributed by atoms with Crippen LogP contribution in [0.1, 0.15) is 31.3 Å². The molecule has 19 heavy (non-hydrogen) atoms. The van der Waals surface area contributed by atoms with Gasteiger partial charge < -0.3 is 19.5 Å². The standard InChI is InChI=1S/C13H23N3O3/c1-6-16(4)11(9(2)3)8-14-13(17)10-7-12(18-5)19-15-10/h7,9,11H,6,8H2,1-5H3,(H,14,17). The maximum Gasteiger partial charge on any atom is 0.311 e. The number of nitrogens with zero attached hydrogens (tertiary/aromatic N) is 2. The average Bonchev–Trinajstić information content (AvgIpc) is 2.86. The van der Waals surface area contributed by atoms with Gasteiger partial charge in [0, 0.05) is 12.6 Å². The van der Waals surface area contributed by atoms with Gasteiger partial charge in [0.05, 0.1) is 13.2 Å². The number of nitrogens with one attached hydrogen (secondary N) is 1. The number of likely N-dealkylation sites (N-methyl/N-ethyl adjacent to an activating group) is 1. The Kier molecular flexibility index (Phi) is 5.82. The highest BCUT2D eigenvalue weighted by Gasteiger charge is 2.20. The number of rotatable bonds is 7. The zero-order valence-corrected chi connectivity index (χ0v) is 12.3. The molecule has 0 aliphatic rings. The Hall–Kier alpha value is -1.56. The molecular weight excluding hydrogens is 246 g/mol. The number of aromatic nitrogens is 1. The summed E-state index contributed by atoms with van der Waals surface area (Å²) in [5, 5.41) is 6.52. The molecule has 108 valence electrons. The summed E-state index contributed by atoms with van der Waals surface area (Å²) >= 11 is 0. The van der Waals surface area contributed by atoms with Crippen molar-refractivity contribution in [3.8, 4) is 5.95 Å². The molecule has 0 bridgehead atoms. The van der Waals surface area contributed by atoms with E-state index >= 15 is 0 Å². The second-order valence-electron chi connectivity index (χ2n) is 4.83. The summed E-state index contributed by atoms with van der Waals surface area (Å²) in [6.45, 7) is 7.90. The summed E-state index contributed by atoms with van der Waals surface area (Å²) in [7, 11) is 3.52. The van der Waals surface area contributed by atoms with Gasteiger partial charge in [0.15, 0.2) is 5.69 Å². The molecule has 0 aliphatic heterocycles. The third-order valence-corrected chi connectivity index (χ3v) is 3.23. The van der Waals surface area contributed by atoms with Gasteiger partial charge in [0.2, 0.25) is 0 Å². The lowest BCUT2D eigenvalue weighted by Gasteiger charge is -2.30. The van der Waals surface area contributed by atoms with Crippen molar-refractivity contribution in [3.05, 3.63) is 11.8 Å². The molecular formula is C13H23N3O3. The average molecular weight is 269 g/mol. The zero-order chi connectivity index (χ0) is 14.4. The predicted molar refractivity (Wildman–Crippen MR) is 72.3 cm³/mol. The van der Waals surface area contributed by atoms with Crippen molar-refractivity contribution in [1.82, 2.24) is 15.4 Å². The first-order valence-electron chi connectivity index (χ1n) is 6.48. The lowest BCUT2D eigenvalue weighted by Crippen LogP contribution is -2.45. The molecule has 0 spiro atoms. The molecule has 0 saturated carbocycles. The topological polar surface area (TPSA) is 67.6 Å². The Morgan fingerprint density at radius 1 is 1.58 bits per heavy atom. The van der Waals surface area contributed by atoms with E-state index in [1.807, 2.05) is 0 Å². The summed E-state index contributed by atoms with van der Waals surface area (Å²) in [6.07, 6.45) is 0. The van der Waals surface area contributed by atoms with Crippen molar-refractivity contribution >= 4 is 5.91 Å². The van der Waals surface area contributed by atoms with Crippen LogP contribution in [0.2, 0.25) is 0 Å². The molecule has 0 radical (unpaired) electrons. The van der Waals surface area contributed by atoms with Crippen molar-refractivity contribution < 1.29 is 14.1 Å². The zero-order valence-electron chi connectivity index (χ0n) is 12.3. The van der Waals surface area contributed by atoms with Gasteiger partial charge in [-0.2, -0.15) is 0 Å². The smallest absolute Gasteiger partial charge is 0.311 e. The molecule has 0 fully saturated rings. The highest BCUT2D eigenvalue weighted by atomic mass is 16.6. The van der Waals surface area contributed by atoms with Crippen LogP contribution in [0.3, 0.4) is 0 Å². The van der Waals surface area contributed by atoms with E-state index < -0.39 is 0 Å². The number of ether oxygens (including phenoxy) is 1. The van der Waals surface area contributed by atoms with Crippen molar-refractivity contribution in [2.45, 2.75) is 26.8 Å². The molecule has 6 nitrogen and oxygen atoms in total. The molecule has 0 saturated heterocycles. The summed E-state index contributed by atoms with van der Waals surface area (Å²) in [4.78, 5) is 14.1. The maximum absolute atomic E-state index is 11.9. The Morgan fingerprint density at radius 3 is 2.74 bits per heavy atom. The second-order valence-corrected chi connectivity index (χ2v) is 4.83. The molecule has 1 atom stereocenters. The van der Waals surface area contributed by atoms with E-state index in [9.17, 15) is 4.79 Å². The van der Waals surface area contributed by atoms with E-state index in [1.54, 1.807) is 0 Å². The number of hydrogen-bond acceptors (Lipinski definition) is 5. The fourth-order valence-corrected chi connectivity index (χ4v) is 1.88. The van der Waals surface area contributed by atoms with Crippen LogP contribution in [0.5, 0.6) is 5.95 Å². The van der Waals surface area contributed by atoms with E-state index in [0.29, 0.717) is 18.5 Å².